The molecule has 6 heteroatoms. The molecule has 0 saturated heterocycles. The van der Waals surface area contributed by atoms with Crippen molar-refractivity contribution in [1.29, 1.82) is 0 Å². The lowest BCUT2D eigenvalue weighted by molar-refractivity contribution is 0.0910. The van der Waals surface area contributed by atoms with Crippen LogP contribution in [0.2, 0.25) is 0 Å². The summed E-state index contributed by atoms with van der Waals surface area (Å²) in [5.74, 6) is -0.765. The third-order valence-corrected chi connectivity index (χ3v) is 4.27. The average Bonchev–Trinajstić information content (AvgIpc) is 2.71. The molecule has 0 saturated carbocycles. The minimum Gasteiger partial charge on any atom is -0.391 e. The summed E-state index contributed by atoms with van der Waals surface area (Å²) in [6.45, 7) is 1.95. The van der Waals surface area contributed by atoms with Crippen LogP contribution in [0.4, 0.5) is 5.69 Å². The van der Waals surface area contributed by atoms with Gasteiger partial charge in [-0.1, -0.05) is 43.3 Å². The van der Waals surface area contributed by atoms with Gasteiger partial charge in [-0.25, -0.2) is 4.98 Å². The second kappa shape index (κ2) is 8.42. The van der Waals surface area contributed by atoms with Crippen LogP contribution < -0.4 is 10.6 Å². The Morgan fingerprint density at radius 1 is 1.04 bits per heavy atom. The van der Waals surface area contributed by atoms with Crippen LogP contribution in [-0.2, 0) is 0 Å². The number of fused-ring (bicyclic) bond motifs is 1. The van der Waals surface area contributed by atoms with Crippen molar-refractivity contribution in [1.82, 2.24) is 10.3 Å². The van der Waals surface area contributed by atoms with E-state index in [0.717, 1.165) is 10.8 Å². The smallest absolute Gasteiger partial charge is 0.272 e. The van der Waals surface area contributed by atoms with Crippen molar-refractivity contribution in [2.24, 2.45) is 0 Å². The molecule has 27 heavy (non-hydrogen) atoms. The first kappa shape index (κ1) is 18.5. The number of pyridine rings is 1. The number of aliphatic hydroxyl groups excluding tert-OH is 1. The van der Waals surface area contributed by atoms with Crippen molar-refractivity contribution in [2.75, 3.05) is 11.9 Å². The molecule has 2 amide bonds. The second-order valence-electron chi connectivity index (χ2n) is 6.15. The quantitative estimate of drug-likeness (QED) is 0.628. The molecule has 2 aromatic carbocycles. The van der Waals surface area contributed by atoms with Gasteiger partial charge >= 0.3 is 0 Å². The molecule has 0 aliphatic carbocycles. The highest BCUT2D eigenvalue weighted by Crippen LogP contribution is 2.20. The lowest BCUT2D eigenvalue weighted by atomic mass is 10.0. The van der Waals surface area contributed by atoms with E-state index in [2.05, 4.69) is 15.6 Å². The van der Waals surface area contributed by atoms with Gasteiger partial charge in [0.15, 0.2) is 5.69 Å². The van der Waals surface area contributed by atoms with Crippen LogP contribution in [-0.4, -0.2) is 34.6 Å². The van der Waals surface area contributed by atoms with E-state index in [1.165, 1.54) is 6.20 Å². The molecule has 3 N–H and O–H groups in total. The highest BCUT2D eigenvalue weighted by atomic mass is 16.3. The number of anilines is 1. The van der Waals surface area contributed by atoms with Gasteiger partial charge in [0.05, 0.1) is 11.8 Å². The zero-order valence-electron chi connectivity index (χ0n) is 15.0. The Balaban J connectivity index is 1.83. The van der Waals surface area contributed by atoms with Crippen LogP contribution in [0.25, 0.3) is 10.8 Å². The fourth-order valence-corrected chi connectivity index (χ4v) is 2.74. The fraction of sp³-hybridized carbons (Fsp3) is 0.190. The molecule has 1 heterocycles. The number of benzene rings is 2. The molecule has 0 spiro atoms. The van der Waals surface area contributed by atoms with Crippen LogP contribution in [0, 0.1) is 0 Å². The Bertz CT molecular complexity index is 966. The number of aromatic nitrogens is 1. The minimum atomic E-state index is -0.619. The van der Waals surface area contributed by atoms with Gasteiger partial charge in [0.2, 0.25) is 0 Å². The maximum atomic E-state index is 12.8. The molecule has 1 unspecified atom stereocenters. The minimum absolute atomic E-state index is 0.106. The van der Waals surface area contributed by atoms with E-state index >= 15 is 0 Å². The molecular formula is C21H21N3O3. The van der Waals surface area contributed by atoms with Crippen molar-refractivity contribution < 1.29 is 14.7 Å². The summed E-state index contributed by atoms with van der Waals surface area (Å²) in [7, 11) is 0. The molecule has 0 aliphatic heterocycles. The van der Waals surface area contributed by atoms with E-state index in [4.69, 9.17) is 0 Å². The molecule has 6 nitrogen and oxygen atoms in total. The number of hydrogen-bond donors (Lipinski definition) is 3. The molecule has 3 aromatic rings. The average molecular weight is 363 g/mol. The maximum absolute atomic E-state index is 12.8. The van der Waals surface area contributed by atoms with Gasteiger partial charge in [0, 0.05) is 18.3 Å². The first-order valence-corrected chi connectivity index (χ1v) is 8.80. The Morgan fingerprint density at radius 2 is 1.81 bits per heavy atom. The van der Waals surface area contributed by atoms with E-state index < -0.39 is 12.0 Å². The van der Waals surface area contributed by atoms with E-state index in [1.54, 1.807) is 18.2 Å². The fourth-order valence-electron chi connectivity index (χ4n) is 2.74. The molecule has 0 radical (unpaired) electrons. The second-order valence-corrected chi connectivity index (χ2v) is 6.15. The van der Waals surface area contributed by atoms with Gasteiger partial charge in [0.1, 0.15) is 0 Å². The summed E-state index contributed by atoms with van der Waals surface area (Å²) in [5, 5.41) is 16.8. The Morgan fingerprint density at radius 3 is 2.63 bits per heavy atom. The predicted octanol–water partition coefficient (Wildman–Crippen LogP) is 2.99. The van der Waals surface area contributed by atoms with E-state index in [-0.39, 0.29) is 18.1 Å². The number of hydrogen-bond acceptors (Lipinski definition) is 4. The number of carbonyl (C=O) groups is 2. The van der Waals surface area contributed by atoms with Gasteiger partial charge in [0.25, 0.3) is 11.8 Å². The van der Waals surface area contributed by atoms with Crippen LogP contribution >= 0.6 is 0 Å². The van der Waals surface area contributed by atoms with Gasteiger partial charge in [-0.2, -0.15) is 0 Å². The standard InChI is InChI=1S/C21H21N3O3/c1-2-15(25)13-23-21(27)19-18(11-6-12-22-19)24-20(26)17-10-5-8-14-7-3-4-9-16(14)17/h3-12,15,25H,2,13H2,1H3,(H,23,27)(H,24,26). The van der Waals surface area contributed by atoms with Crippen molar-refractivity contribution in [3.8, 4) is 0 Å². The molecule has 0 bridgehead atoms. The van der Waals surface area contributed by atoms with Crippen molar-refractivity contribution in [3.05, 3.63) is 72.1 Å². The maximum Gasteiger partial charge on any atom is 0.272 e. The molecular weight excluding hydrogens is 342 g/mol. The molecule has 0 aliphatic rings. The topological polar surface area (TPSA) is 91.3 Å². The van der Waals surface area contributed by atoms with Crippen molar-refractivity contribution >= 4 is 28.3 Å². The van der Waals surface area contributed by atoms with E-state index in [1.807, 2.05) is 43.3 Å². The molecule has 1 aromatic heterocycles. The molecule has 3 rings (SSSR count). The van der Waals surface area contributed by atoms with Gasteiger partial charge in [-0.05, 0) is 35.4 Å². The number of amides is 2. The van der Waals surface area contributed by atoms with E-state index in [9.17, 15) is 14.7 Å². The summed E-state index contributed by atoms with van der Waals surface area (Å²) in [4.78, 5) is 29.3. The van der Waals surface area contributed by atoms with Crippen molar-refractivity contribution in [2.45, 2.75) is 19.4 Å². The lowest BCUT2D eigenvalue weighted by Crippen LogP contribution is -2.33. The third kappa shape index (κ3) is 4.30. The number of rotatable bonds is 6. The number of carbonyl (C=O) groups excluding carboxylic acids is 2. The first-order chi connectivity index (χ1) is 13.1. The monoisotopic (exact) mass is 363 g/mol. The summed E-state index contributed by atoms with van der Waals surface area (Å²) in [5.41, 5.74) is 0.943. The predicted molar refractivity (Wildman–Crippen MR) is 105 cm³/mol. The number of aliphatic hydroxyl groups is 1. The largest absolute Gasteiger partial charge is 0.391 e. The summed E-state index contributed by atoms with van der Waals surface area (Å²) in [6, 6.07) is 16.4. The van der Waals surface area contributed by atoms with Crippen LogP contribution in [0.15, 0.2) is 60.8 Å². The van der Waals surface area contributed by atoms with Gasteiger partial charge < -0.3 is 15.7 Å². The Hall–Kier alpha value is -3.25. The Kier molecular flexibility index (Phi) is 5.78. The molecule has 1 atom stereocenters. The SMILES string of the molecule is CCC(O)CNC(=O)c1ncccc1NC(=O)c1cccc2ccccc12. The lowest BCUT2D eigenvalue weighted by Gasteiger charge is -2.13. The zero-order chi connectivity index (χ0) is 19.2. The third-order valence-electron chi connectivity index (χ3n) is 4.27. The van der Waals surface area contributed by atoms with Crippen LogP contribution in [0.1, 0.15) is 34.2 Å². The van der Waals surface area contributed by atoms with Crippen molar-refractivity contribution in [3.63, 3.8) is 0 Å². The van der Waals surface area contributed by atoms with Crippen LogP contribution in [0.5, 0.6) is 0 Å². The summed E-state index contributed by atoms with van der Waals surface area (Å²) < 4.78 is 0. The molecule has 138 valence electrons. The van der Waals surface area contributed by atoms with Gasteiger partial charge in [-0.15, -0.1) is 0 Å². The summed E-state index contributed by atoms with van der Waals surface area (Å²) >= 11 is 0. The normalized spacial score (nSPS) is 11.8. The highest BCUT2D eigenvalue weighted by Gasteiger charge is 2.17. The Labute approximate surface area is 157 Å². The van der Waals surface area contributed by atoms with Gasteiger partial charge in [-0.3, -0.25) is 9.59 Å². The highest BCUT2D eigenvalue weighted by molar-refractivity contribution is 6.14. The number of nitrogens with zero attached hydrogens (tertiary/aromatic N) is 1. The zero-order valence-corrected chi connectivity index (χ0v) is 15.0. The summed E-state index contributed by atoms with van der Waals surface area (Å²) in [6.07, 6.45) is 1.40. The first-order valence-electron chi connectivity index (χ1n) is 8.80. The van der Waals surface area contributed by atoms with E-state index in [0.29, 0.717) is 17.7 Å². The molecule has 0 fully saturated rings. The number of nitrogens with one attached hydrogen (secondary N) is 2. The van der Waals surface area contributed by atoms with Crippen LogP contribution in [0.3, 0.4) is 0 Å².